The zero-order valence-electron chi connectivity index (χ0n) is 21.2. The summed E-state index contributed by atoms with van der Waals surface area (Å²) in [5.74, 6) is 0.137. The largest absolute Gasteiger partial charge is 0.494 e. The number of carbonyl (C=O) groups is 3. The molecule has 0 aliphatic heterocycles. The van der Waals surface area contributed by atoms with Crippen LogP contribution < -0.4 is 15.4 Å². The van der Waals surface area contributed by atoms with Crippen molar-refractivity contribution in [3.05, 3.63) is 95.6 Å². The summed E-state index contributed by atoms with van der Waals surface area (Å²) < 4.78 is 15.4. The molecule has 0 saturated carbocycles. The molecule has 9 heteroatoms. The summed E-state index contributed by atoms with van der Waals surface area (Å²) in [6, 6.07) is 23.4. The topological polar surface area (TPSA) is 127 Å². The quantitative estimate of drug-likeness (QED) is 0.137. The number of anilines is 1. The molecule has 0 aromatic heterocycles. The zero-order valence-corrected chi connectivity index (χ0v) is 21.2. The third kappa shape index (κ3) is 9.77. The molecule has 198 valence electrons. The molecule has 0 spiro atoms. The summed E-state index contributed by atoms with van der Waals surface area (Å²) in [5, 5.41) is 13.3. The van der Waals surface area contributed by atoms with Gasteiger partial charge in [0.25, 0.3) is 0 Å². The monoisotopic (exact) mass is 517 g/mol. The number of amidine groups is 1. The number of aryl methyl sites for hydroxylation is 1. The smallest absolute Gasteiger partial charge is 0.413 e. The van der Waals surface area contributed by atoms with Gasteiger partial charge in [-0.3, -0.25) is 20.3 Å². The van der Waals surface area contributed by atoms with Gasteiger partial charge in [0, 0.05) is 24.1 Å². The summed E-state index contributed by atoms with van der Waals surface area (Å²) in [6.45, 7) is 0.469. The highest BCUT2D eigenvalue weighted by molar-refractivity contribution is 6.04. The first kappa shape index (κ1) is 27.9. The van der Waals surface area contributed by atoms with Gasteiger partial charge in [0.15, 0.2) is 0 Å². The maximum Gasteiger partial charge on any atom is 0.413 e. The summed E-state index contributed by atoms with van der Waals surface area (Å²) in [5.41, 5.74) is 3.04. The molecule has 0 atom stereocenters. The van der Waals surface area contributed by atoms with Crippen molar-refractivity contribution in [2.75, 3.05) is 19.0 Å². The van der Waals surface area contributed by atoms with E-state index in [9.17, 15) is 14.4 Å². The Morgan fingerprint density at radius 2 is 1.55 bits per heavy atom. The summed E-state index contributed by atoms with van der Waals surface area (Å²) in [6.07, 6.45) is 1.01. The fourth-order valence-corrected chi connectivity index (χ4v) is 3.40. The molecule has 3 aromatic carbocycles. The van der Waals surface area contributed by atoms with Crippen molar-refractivity contribution in [1.29, 1.82) is 5.41 Å². The average Bonchev–Trinajstić information content (AvgIpc) is 2.94. The van der Waals surface area contributed by atoms with Gasteiger partial charge in [-0.1, -0.05) is 42.5 Å². The van der Waals surface area contributed by atoms with E-state index in [1.807, 2.05) is 42.5 Å². The maximum absolute atomic E-state index is 12.2. The van der Waals surface area contributed by atoms with Crippen LogP contribution in [0.5, 0.6) is 5.75 Å². The molecular weight excluding hydrogens is 486 g/mol. The first-order valence-electron chi connectivity index (χ1n) is 12.2. The van der Waals surface area contributed by atoms with Gasteiger partial charge < -0.3 is 19.5 Å². The molecule has 0 bridgehead atoms. The fourth-order valence-electron chi connectivity index (χ4n) is 3.40. The number of rotatable bonds is 12. The van der Waals surface area contributed by atoms with E-state index in [-0.39, 0.29) is 24.3 Å². The van der Waals surface area contributed by atoms with Crippen LogP contribution in [-0.4, -0.2) is 37.5 Å². The lowest BCUT2D eigenvalue weighted by Crippen LogP contribution is -2.30. The van der Waals surface area contributed by atoms with Gasteiger partial charge in [-0.15, -0.1) is 0 Å². The number of nitrogens with one attached hydrogen (secondary N) is 3. The SMILES string of the molecule is COC(=O)CCc1ccc(NC(=O)CCCOc2ccc(C(=N)NC(=O)OCc3ccccc3)cc2)cc1. The molecule has 3 N–H and O–H groups in total. The van der Waals surface area contributed by atoms with E-state index < -0.39 is 6.09 Å². The molecule has 9 nitrogen and oxygen atoms in total. The van der Waals surface area contributed by atoms with E-state index >= 15 is 0 Å². The first-order valence-corrected chi connectivity index (χ1v) is 12.2. The Bertz CT molecular complexity index is 1210. The molecule has 0 fully saturated rings. The fraction of sp³-hybridized carbons (Fsp3) is 0.241. The highest BCUT2D eigenvalue weighted by Crippen LogP contribution is 2.14. The lowest BCUT2D eigenvalue weighted by molar-refractivity contribution is -0.140. The minimum atomic E-state index is -0.702. The molecule has 0 aliphatic carbocycles. The van der Waals surface area contributed by atoms with Crippen molar-refractivity contribution in [1.82, 2.24) is 5.32 Å². The van der Waals surface area contributed by atoms with Crippen molar-refractivity contribution < 1.29 is 28.6 Å². The second-order valence-corrected chi connectivity index (χ2v) is 8.36. The number of carbonyl (C=O) groups excluding carboxylic acids is 3. The highest BCUT2D eigenvalue weighted by Gasteiger charge is 2.09. The Balaban J connectivity index is 1.32. The standard InChI is InChI=1S/C29H31N3O6/c1-36-27(34)18-11-21-9-14-24(15-10-21)31-26(33)8-5-19-37-25-16-12-23(13-17-25)28(30)32-29(35)38-20-22-6-3-2-4-7-22/h2-4,6-7,9-10,12-17H,5,8,11,18-20H2,1H3,(H,31,33)(H2,30,32,35). The lowest BCUT2D eigenvalue weighted by atomic mass is 10.1. The number of hydrogen-bond acceptors (Lipinski definition) is 7. The highest BCUT2D eigenvalue weighted by atomic mass is 16.5. The second-order valence-electron chi connectivity index (χ2n) is 8.36. The average molecular weight is 518 g/mol. The van der Waals surface area contributed by atoms with E-state index in [1.165, 1.54) is 7.11 Å². The number of ether oxygens (including phenoxy) is 3. The van der Waals surface area contributed by atoms with Crippen molar-refractivity contribution >= 4 is 29.5 Å². The Kier molecular flexibility index (Phi) is 10.9. The maximum atomic E-state index is 12.2. The van der Waals surface area contributed by atoms with Crippen molar-refractivity contribution in [3.63, 3.8) is 0 Å². The van der Waals surface area contributed by atoms with Crippen LogP contribution in [0, 0.1) is 5.41 Å². The van der Waals surface area contributed by atoms with Crippen molar-refractivity contribution in [2.45, 2.75) is 32.3 Å². The zero-order chi connectivity index (χ0) is 27.2. The second kappa shape index (κ2) is 14.8. The summed E-state index contributed by atoms with van der Waals surface area (Å²) in [7, 11) is 1.36. The van der Waals surface area contributed by atoms with Crippen molar-refractivity contribution in [3.8, 4) is 5.75 Å². The molecule has 0 heterocycles. The van der Waals surface area contributed by atoms with Crippen LogP contribution in [-0.2, 0) is 32.1 Å². The molecule has 0 unspecified atom stereocenters. The third-order valence-electron chi connectivity index (χ3n) is 5.48. The van der Waals surface area contributed by atoms with Gasteiger partial charge in [-0.2, -0.15) is 0 Å². The van der Waals surface area contributed by atoms with Crippen LogP contribution in [0.2, 0.25) is 0 Å². The summed E-state index contributed by atoms with van der Waals surface area (Å²) >= 11 is 0. The number of alkyl carbamates (subject to hydrolysis) is 1. The van der Waals surface area contributed by atoms with E-state index in [1.54, 1.807) is 36.4 Å². The summed E-state index contributed by atoms with van der Waals surface area (Å²) in [4.78, 5) is 35.4. The van der Waals surface area contributed by atoms with E-state index in [2.05, 4.69) is 15.4 Å². The van der Waals surface area contributed by atoms with Gasteiger partial charge >= 0.3 is 12.1 Å². The van der Waals surface area contributed by atoms with Crippen LogP contribution >= 0.6 is 0 Å². The van der Waals surface area contributed by atoms with E-state index in [0.29, 0.717) is 49.3 Å². The third-order valence-corrected chi connectivity index (χ3v) is 5.48. The molecule has 0 radical (unpaired) electrons. The van der Waals surface area contributed by atoms with Gasteiger partial charge in [0.05, 0.1) is 13.7 Å². The number of methoxy groups -OCH3 is 1. The number of amides is 2. The minimum absolute atomic E-state index is 0.0808. The van der Waals surface area contributed by atoms with Crippen LogP contribution in [0.4, 0.5) is 10.5 Å². The Hall–Kier alpha value is -4.66. The number of esters is 1. The van der Waals surface area contributed by atoms with Crippen LogP contribution in [0.15, 0.2) is 78.9 Å². The van der Waals surface area contributed by atoms with Crippen LogP contribution in [0.1, 0.15) is 36.0 Å². The van der Waals surface area contributed by atoms with E-state index in [4.69, 9.17) is 14.9 Å². The van der Waals surface area contributed by atoms with Gasteiger partial charge in [-0.05, 0) is 60.4 Å². The molecule has 3 aromatic rings. The molecule has 2 amide bonds. The number of hydrogen-bond donors (Lipinski definition) is 3. The first-order chi connectivity index (χ1) is 18.4. The molecular formula is C29H31N3O6. The van der Waals surface area contributed by atoms with Crippen LogP contribution in [0.25, 0.3) is 0 Å². The molecule has 0 aliphatic rings. The van der Waals surface area contributed by atoms with E-state index in [0.717, 1.165) is 11.1 Å². The minimum Gasteiger partial charge on any atom is -0.494 e. The van der Waals surface area contributed by atoms with Gasteiger partial charge in [0.1, 0.15) is 18.2 Å². The predicted octanol–water partition coefficient (Wildman–Crippen LogP) is 4.84. The lowest BCUT2D eigenvalue weighted by Gasteiger charge is -2.10. The normalized spacial score (nSPS) is 10.2. The molecule has 38 heavy (non-hydrogen) atoms. The Morgan fingerprint density at radius 3 is 2.24 bits per heavy atom. The molecule has 0 saturated heterocycles. The van der Waals surface area contributed by atoms with Gasteiger partial charge in [0.2, 0.25) is 5.91 Å². The number of benzene rings is 3. The Morgan fingerprint density at radius 1 is 0.842 bits per heavy atom. The Labute approximate surface area is 221 Å². The van der Waals surface area contributed by atoms with Crippen molar-refractivity contribution in [2.24, 2.45) is 0 Å². The predicted molar refractivity (Wildman–Crippen MR) is 143 cm³/mol. The van der Waals surface area contributed by atoms with Crippen LogP contribution in [0.3, 0.4) is 0 Å². The molecule has 3 rings (SSSR count). The van der Waals surface area contributed by atoms with Gasteiger partial charge in [-0.25, -0.2) is 4.79 Å².